The first-order chi connectivity index (χ1) is 11.7. The van der Waals surface area contributed by atoms with E-state index in [0.29, 0.717) is 24.4 Å². The average molecular weight is 354 g/mol. The zero-order chi connectivity index (χ0) is 18.6. The smallest absolute Gasteiger partial charge is 0.410 e. The van der Waals surface area contributed by atoms with Crippen LogP contribution in [0.15, 0.2) is 0 Å². The van der Waals surface area contributed by atoms with Gasteiger partial charge in [-0.25, -0.2) is 4.79 Å². The molecule has 2 aliphatic rings. The Morgan fingerprint density at radius 1 is 1.16 bits per heavy atom. The van der Waals surface area contributed by atoms with Gasteiger partial charge in [-0.2, -0.15) is 0 Å². The zero-order valence-corrected chi connectivity index (χ0v) is 16.4. The lowest BCUT2D eigenvalue weighted by Gasteiger charge is -2.43. The maximum atomic E-state index is 12.3. The first-order valence-corrected chi connectivity index (χ1v) is 9.51. The van der Waals surface area contributed by atoms with Crippen molar-refractivity contribution in [1.29, 1.82) is 0 Å². The molecule has 0 aromatic carbocycles. The Labute approximate surface area is 151 Å². The van der Waals surface area contributed by atoms with Crippen LogP contribution in [0.25, 0.3) is 0 Å². The van der Waals surface area contributed by atoms with Gasteiger partial charge in [0.2, 0.25) is 0 Å². The van der Waals surface area contributed by atoms with Crippen LogP contribution in [0, 0.1) is 5.92 Å². The van der Waals surface area contributed by atoms with Gasteiger partial charge < -0.3 is 14.4 Å². The number of hydrogen-bond donors (Lipinski definition) is 0. The molecule has 0 aliphatic carbocycles. The lowest BCUT2D eigenvalue weighted by atomic mass is 9.91. The van der Waals surface area contributed by atoms with Crippen LogP contribution in [0.5, 0.6) is 0 Å². The van der Waals surface area contributed by atoms with Crippen LogP contribution in [0.1, 0.15) is 59.8 Å². The summed E-state index contributed by atoms with van der Waals surface area (Å²) in [4.78, 5) is 28.2. The van der Waals surface area contributed by atoms with Gasteiger partial charge in [-0.1, -0.05) is 6.92 Å². The maximum Gasteiger partial charge on any atom is 0.410 e. The summed E-state index contributed by atoms with van der Waals surface area (Å²) in [5.41, 5.74) is -0.453. The predicted octanol–water partition coefficient (Wildman–Crippen LogP) is 3.05. The summed E-state index contributed by atoms with van der Waals surface area (Å²) in [6.45, 7) is 10.5. The summed E-state index contributed by atoms with van der Waals surface area (Å²) in [7, 11) is 1.45. The van der Waals surface area contributed by atoms with Gasteiger partial charge in [0.1, 0.15) is 5.60 Å². The third-order valence-electron chi connectivity index (χ3n) is 5.27. The molecule has 3 atom stereocenters. The van der Waals surface area contributed by atoms with Gasteiger partial charge in [0.25, 0.3) is 0 Å². The van der Waals surface area contributed by atoms with Crippen molar-refractivity contribution in [2.24, 2.45) is 5.92 Å². The van der Waals surface area contributed by atoms with E-state index in [1.165, 1.54) is 13.5 Å². The summed E-state index contributed by atoms with van der Waals surface area (Å²) < 4.78 is 10.3. The average Bonchev–Trinajstić information content (AvgIpc) is 2.99. The third-order valence-corrected chi connectivity index (χ3v) is 5.27. The van der Waals surface area contributed by atoms with Crippen molar-refractivity contribution in [3.05, 3.63) is 0 Å². The molecule has 0 saturated carbocycles. The molecule has 2 heterocycles. The maximum absolute atomic E-state index is 12.3. The molecule has 3 unspecified atom stereocenters. The van der Waals surface area contributed by atoms with Gasteiger partial charge in [-0.05, 0) is 58.9 Å². The number of likely N-dealkylation sites (tertiary alicyclic amines) is 2. The lowest BCUT2D eigenvalue weighted by molar-refractivity contribution is -0.141. The second-order valence-electron chi connectivity index (χ2n) is 8.41. The van der Waals surface area contributed by atoms with Gasteiger partial charge in [0.05, 0.1) is 7.11 Å². The molecule has 6 nitrogen and oxygen atoms in total. The van der Waals surface area contributed by atoms with E-state index in [0.717, 1.165) is 38.9 Å². The van der Waals surface area contributed by atoms with E-state index in [2.05, 4.69) is 11.8 Å². The molecule has 2 rings (SSSR count). The summed E-state index contributed by atoms with van der Waals surface area (Å²) >= 11 is 0. The minimum Gasteiger partial charge on any atom is -0.469 e. The van der Waals surface area contributed by atoms with Crippen molar-refractivity contribution in [2.75, 3.05) is 26.7 Å². The molecular weight excluding hydrogens is 320 g/mol. The molecule has 0 N–H and O–H groups in total. The molecule has 0 radical (unpaired) electrons. The Morgan fingerprint density at radius 3 is 2.48 bits per heavy atom. The minimum absolute atomic E-state index is 0.125. The summed E-state index contributed by atoms with van der Waals surface area (Å²) in [6.07, 6.45) is 4.45. The summed E-state index contributed by atoms with van der Waals surface area (Å²) in [5, 5.41) is 0. The normalized spacial score (nSPS) is 28.0. The van der Waals surface area contributed by atoms with E-state index in [1.807, 2.05) is 25.7 Å². The van der Waals surface area contributed by atoms with Crippen molar-refractivity contribution in [3.8, 4) is 0 Å². The predicted molar refractivity (Wildman–Crippen MR) is 96.4 cm³/mol. The minimum atomic E-state index is -0.453. The Balaban J connectivity index is 1.89. The van der Waals surface area contributed by atoms with Gasteiger partial charge in [-0.15, -0.1) is 0 Å². The highest BCUT2D eigenvalue weighted by Gasteiger charge is 2.38. The number of ether oxygens (including phenoxy) is 2. The standard InChI is InChI=1S/C19H34N2O4/c1-14-13-20(18(23)25-19(2,3)4)12-10-16(14)21-11-6-7-15(21)8-9-17(22)24-5/h14-16H,6-13H2,1-5H3. The highest BCUT2D eigenvalue weighted by atomic mass is 16.6. The largest absolute Gasteiger partial charge is 0.469 e. The first kappa shape index (κ1) is 20.0. The Kier molecular flexibility index (Phi) is 6.72. The van der Waals surface area contributed by atoms with E-state index in [4.69, 9.17) is 9.47 Å². The Hall–Kier alpha value is -1.30. The molecular formula is C19H34N2O4. The fraction of sp³-hybridized carbons (Fsp3) is 0.895. The van der Waals surface area contributed by atoms with E-state index in [1.54, 1.807) is 0 Å². The molecule has 1 amide bonds. The van der Waals surface area contributed by atoms with E-state index in [9.17, 15) is 9.59 Å². The van der Waals surface area contributed by atoms with Gasteiger partial charge >= 0.3 is 12.1 Å². The van der Waals surface area contributed by atoms with Crippen molar-refractivity contribution in [1.82, 2.24) is 9.80 Å². The van der Waals surface area contributed by atoms with Crippen molar-refractivity contribution in [3.63, 3.8) is 0 Å². The van der Waals surface area contributed by atoms with Crippen LogP contribution in [-0.2, 0) is 14.3 Å². The van der Waals surface area contributed by atoms with Crippen molar-refractivity contribution >= 4 is 12.1 Å². The number of amides is 1. The molecule has 144 valence electrons. The van der Waals surface area contributed by atoms with Crippen molar-refractivity contribution < 1.29 is 19.1 Å². The Bertz CT molecular complexity index is 475. The van der Waals surface area contributed by atoms with Gasteiger partial charge in [0.15, 0.2) is 0 Å². The second-order valence-corrected chi connectivity index (χ2v) is 8.41. The lowest BCUT2D eigenvalue weighted by Crippen LogP contribution is -2.53. The van der Waals surface area contributed by atoms with E-state index >= 15 is 0 Å². The van der Waals surface area contributed by atoms with Gasteiger partial charge in [-0.3, -0.25) is 9.69 Å². The summed E-state index contributed by atoms with van der Waals surface area (Å²) in [6, 6.07) is 0.934. The molecule has 6 heteroatoms. The highest BCUT2D eigenvalue weighted by Crippen LogP contribution is 2.31. The molecule has 0 spiro atoms. The third kappa shape index (κ3) is 5.59. The highest BCUT2D eigenvalue weighted by molar-refractivity contribution is 5.69. The fourth-order valence-electron chi connectivity index (χ4n) is 4.11. The Morgan fingerprint density at radius 2 is 1.88 bits per heavy atom. The number of carbonyl (C=O) groups is 2. The van der Waals surface area contributed by atoms with Crippen LogP contribution in [0.4, 0.5) is 4.79 Å². The molecule has 25 heavy (non-hydrogen) atoms. The van der Waals surface area contributed by atoms with Crippen LogP contribution < -0.4 is 0 Å². The fourth-order valence-corrected chi connectivity index (χ4v) is 4.11. The number of rotatable bonds is 4. The molecule has 0 aromatic rings. The SMILES string of the molecule is COC(=O)CCC1CCCN1C1CCN(C(=O)OC(C)(C)C)CC1C. The van der Waals surface area contributed by atoms with Crippen LogP contribution in [-0.4, -0.2) is 66.3 Å². The van der Waals surface area contributed by atoms with Crippen molar-refractivity contribution in [2.45, 2.75) is 77.5 Å². The van der Waals surface area contributed by atoms with Crippen LogP contribution in [0.3, 0.4) is 0 Å². The second kappa shape index (κ2) is 8.39. The molecule has 0 bridgehead atoms. The molecule has 2 fully saturated rings. The summed E-state index contributed by atoms with van der Waals surface area (Å²) in [5.74, 6) is 0.277. The first-order valence-electron chi connectivity index (χ1n) is 9.51. The molecule has 0 aromatic heterocycles. The number of carbonyl (C=O) groups excluding carboxylic acids is 2. The van der Waals surface area contributed by atoms with E-state index in [-0.39, 0.29) is 12.1 Å². The molecule has 2 saturated heterocycles. The number of methoxy groups -OCH3 is 1. The quantitative estimate of drug-likeness (QED) is 0.726. The van der Waals surface area contributed by atoms with Gasteiger partial charge in [0, 0.05) is 31.6 Å². The number of hydrogen-bond acceptors (Lipinski definition) is 5. The zero-order valence-electron chi connectivity index (χ0n) is 16.4. The topological polar surface area (TPSA) is 59.1 Å². The van der Waals surface area contributed by atoms with E-state index < -0.39 is 5.60 Å². The monoisotopic (exact) mass is 354 g/mol. The number of piperidine rings is 1. The van der Waals surface area contributed by atoms with Crippen LogP contribution in [0.2, 0.25) is 0 Å². The molecule has 2 aliphatic heterocycles. The number of esters is 1. The number of nitrogens with zero attached hydrogens (tertiary/aromatic N) is 2. The van der Waals surface area contributed by atoms with Crippen LogP contribution >= 0.6 is 0 Å².